The number of allylic oxidation sites excluding steroid dienone is 2. The minimum atomic E-state index is -4.22. The lowest BCUT2D eigenvalue weighted by molar-refractivity contribution is 0.352. The molecule has 0 radical (unpaired) electrons. The number of ether oxygens (including phenoxy) is 4. The van der Waals surface area contributed by atoms with E-state index >= 15 is 0 Å². The van der Waals surface area contributed by atoms with E-state index in [1.54, 1.807) is 67.8 Å². The molecule has 2 aliphatic heterocycles. The van der Waals surface area contributed by atoms with Gasteiger partial charge in [0.2, 0.25) is 5.88 Å². The summed E-state index contributed by atoms with van der Waals surface area (Å²) in [5.74, 6) is 0.364. The maximum absolute atomic E-state index is 14.4. The normalized spacial score (nSPS) is 17.6. The number of nitriles is 1. The summed E-state index contributed by atoms with van der Waals surface area (Å²) in [4.78, 5) is -0.0722. The highest BCUT2D eigenvalue weighted by molar-refractivity contribution is 7.96. The Balaban J connectivity index is 1.74. The molecule has 0 saturated carbocycles. The molecule has 2 N–H and O–H groups in total. The van der Waals surface area contributed by atoms with Crippen LogP contribution in [0.1, 0.15) is 22.6 Å². The van der Waals surface area contributed by atoms with E-state index in [0.717, 1.165) is 5.56 Å². The molecular formula is C28H25N3O6S. The monoisotopic (exact) mass is 531 g/mol. The van der Waals surface area contributed by atoms with Crippen LogP contribution in [-0.2, 0) is 21.3 Å². The molecule has 3 aromatic carbocycles. The SMILES string of the molecule is COc1cccc(CN2c3ccccc3C3=C(C(c4ccc(OC)c(OC)c4)C(C#N)=C(N)O3)S2(=O)=O)c1. The highest BCUT2D eigenvalue weighted by atomic mass is 32.2. The van der Waals surface area contributed by atoms with Gasteiger partial charge in [-0.1, -0.05) is 30.3 Å². The van der Waals surface area contributed by atoms with Crippen LogP contribution in [0.2, 0.25) is 0 Å². The zero-order valence-electron chi connectivity index (χ0n) is 21.0. The molecule has 0 spiro atoms. The Kier molecular flexibility index (Phi) is 6.38. The number of hydrogen-bond donors (Lipinski definition) is 1. The van der Waals surface area contributed by atoms with Gasteiger partial charge in [0, 0.05) is 5.56 Å². The Hall–Kier alpha value is -4.62. The lowest BCUT2D eigenvalue weighted by Crippen LogP contribution is -2.39. The summed E-state index contributed by atoms with van der Waals surface area (Å²) in [5, 5.41) is 10.1. The third-order valence-electron chi connectivity index (χ3n) is 6.56. The van der Waals surface area contributed by atoms with Gasteiger partial charge in [-0.3, -0.25) is 4.31 Å². The number of para-hydroxylation sites is 1. The molecule has 10 heteroatoms. The van der Waals surface area contributed by atoms with Crippen LogP contribution in [-0.4, -0.2) is 29.7 Å². The highest BCUT2D eigenvalue weighted by Gasteiger charge is 2.47. The number of anilines is 1. The Bertz CT molecular complexity index is 1640. The molecule has 38 heavy (non-hydrogen) atoms. The summed E-state index contributed by atoms with van der Waals surface area (Å²) in [6.45, 7) is 0.0348. The number of hydrogen-bond acceptors (Lipinski definition) is 8. The zero-order valence-corrected chi connectivity index (χ0v) is 21.8. The summed E-state index contributed by atoms with van der Waals surface area (Å²) in [5.41, 5.74) is 8.39. The maximum atomic E-state index is 14.4. The minimum Gasteiger partial charge on any atom is -0.497 e. The van der Waals surface area contributed by atoms with Gasteiger partial charge in [0.25, 0.3) is 10.0 Å². The summed E-state index contributed by atoms with van der Waals surface area (Å²) < 4.78 is 52.2. The topological polar surface area (TPSA) is 124 Å². The third-order valence-corrected chi connectivity index (χ3v) is 8.44. The van der Waals surface area contributed by atoms with Crippen LogP contribution in [0.25, 0.3) is 5.76 Å². The van der Waals surface area contributed by atoms with Crippen molar-refractivity contribution < 1.29 is 27.4 Å². The molecule has 5 rings (SSSR count). The Labute approximate surface area is 221 Å². The maximum Gasteiger partial charge on any atom is 0.265 e. The lowest BCUT2D eigenvalue weighted by atomic mass is 9.88. The van der Waals surface area contributed by atoms with Gasteiger partial charge < -0.3 is 24.7 Å². The quantitative estimate of drug-likeness (QED) is 0.501. The molecule has 1 unspecified atom stereocenters. The molecule has 0 saturated heterocycles. The smallest absolute Gasteiger partial charge is 0.265 e. The van der Waals surface area contributed by atoms with Crippen LogP contribution in [0.15, 0.2) is 83.1 Å². The van der Waals surface area contributed by atoms with Crippen molar-refractivity contribution in [3.63, 3.8) is 0 Å². The molecule has 0 fully saturated rings. The lowest BCUT2D eigenvalue weighted by Gasteiger charge is -2.38. The number of nitrogens with zero attached hydrogens (tertiary/aromatic N) is 2. The Morgan fingerprint density at radius 2 is 1.74 bits per heavy atom. The van der Waals surface area contributed by atoms with Crippen molar-refractivity contribution in [3.8, 4) is 23.3 Å². The number of nitrogens with two attached hydrogens (primary N) is 1. The highest BCUT2D eigenvalue weighted by Crippen LogP contribution is 2.52. The molecule has 194 valence electrons. The third kappa shape index (κ3) is 3.97. The molecule has 2 heterocycles. The fourth-order valence-corrected chi connectivity index (χ4v) is 6.69. The number of benzene rings is 3. The van der Waals surface area contributed by atoms with E-state index < -0.39 is 15.9 Å². The molecule has 0 amide bonds. The molecule has 2 aliphatic rings. The predicted octanol–water partition coefficient (Wildman–Crippen LogP) is 4.24. The summed E-state index contributed by atoms with van der Waals surface area (Å²) in [6.07, 6.45) is 0. The second-order valence-corrected chi connectivity index (χ2v) is 10.4. The van der Waals surface area contributed by atoms with Crippen LogP contribution < -0.4 is 24.2 Å². The molecule has 0 bridgehead atoms. The van der Waals surface area contributed by atoms with E-state index in [4.69, 9.17) is 24.7 Å². The average molecular weight is 532 g/mol. The second kappa shape index (κ2) is 9.68. The van der Waals surface area contributed by atoms with Gasteiger partial charge >= 0.3 is 0 Å². The number of fused-ring (bicyclic) bond motifs is 2. The van der Waals surface area contributed by atoms with Crippen molar-refractivity contribution in [1.82, 2.24) is 0 Å². The van der Waals surface area contributed by atoms with E-state index in [2.05, 4.69) is 6.07 Å². The van der Waals surface area contributed by atoms with E-state index in [1.807, 2.05) is 6.07 Å². The molecular weight excluding hydrogens is 506 g/mol. The first-order valence-electron chi connectivity index (χ1n) is 11.6. The number of methoxy groups -OCH3 is 3. The van der Waals surface area contributed by atoms with Crippen LogP contribution in [0.5, 0.6) is 17.2 Å². The Morgan fingerprint density at radius 3 is 2.45 bits per heavy atom. The van der Waals surface area contributed by atoms with Crippen molar-refractivity contribution in [2.24, 2.45) is 5.73 Å². The van der Waals surface area contributed by atoms with Gasteiger partial charge in [0.05, 0.1) is 39.5 Å². The predicted molar refractivity (Wildman–Crippen MR) is 142 cm³/mol. The standard InChI is InChI=1S/C28H25N3O6S/c1-34-19-8-6-7-17(13-19)16-31-22-10-5-4-9-20(22)26-27(38(31,32)33)25(21(15-29)28(30)37-26)18-11-12-23(35-2)24(14-18)36-3/h4-14,25H,16,30H2,1-3H3. The van der Waals surface area contributed by atoms with Gasteiger partial charge in [0.15, 0.2) is 17.3 Å². The fourth-order valence-electron chi connectivity index (χ4n) is 4.78. The molecule has 1 atom stereocenters. The van der Waals surface area contributed by atoms with E-state index in [-0.39, 0.29) is 28.7 Å². The summed E-state index contributed by atoms with van der Waals surface area (Å²) >= 11 is 0. The van der Waals surface area contributed by atoms with Gasteiger partial charge in [-0.25, -0.2) is 8.42 Å². The number of rotatable bonds is 6. The first-order valence-corrected chi connectivity index (χ1v) is 13.1. The van der Waals surface area contributed by atoms with Crippen molar-refractivity contribution in [3.05, 3.63) is 99.8 Å². The largest absolute Gasteiger partial charge is 0.497 e. The molecule has 0 aliphatic carbocycles. The minimum absolute atomic E-state index is 0.0137. The number of sulfonamides is 1. The van der Waals surface area contributed by atoms with Crippen molar-refractivity contribution in [2.45, 2.75) is 12.5 Å². The van der Waals surface area contributed by atoms with Crippen molar-refractivity contribution in [2.75, 3.05) is 25.6 Å². The van der Waals surface area contributed by atoms with Crippen LogP contribution in [0.3, 0.4) is 0 Å². The second-order valence-electron chi connectivity index (χ2n) is 8.61. The molecule has 9 nitrogen and oxygen atoms in total. The molecule has 0 aromatic heterocycles. The first-order chi connectivity index (χ1) is 18.3. The van der Waals surface area contributed by atoms with E-state index in [9.17, 15) is 13.7 Å². The molecule has 3 aromatic rings. The van der Waals surface area contributed by atoms with Crippen LogP contribution >= 0.6 is 0 Å². The fraction of sp³-hybridized carbons (Fsp3) is 0.179. The van der Waals surface area contributed by atoms with Gasteiger partial charge in [-0.15, -0.1) is 0 Å². The van der Waals surface area contributed by atoms with Gasteiger partial charge in [-0.05, 0) is 47.5 Å². The van der Waals surface area contributed by atoms with E-state index in [0.29, 0.717) is 34.1 Å². The van der Waals surface area contributed by atoms with Gasteiger partial charge in [0.1, 0.15) is 22.3 Å². The van der Waals surface area contributed by atoms with Crippen LogP contribution in [0.4, 0.5) is 5.69 Å². The van der Waals surface area contributed by atoms with E-state index in [1.165, 1.54) is 18.5 Å². The Morgan fingerprint density at radius 1 is 0.974 bits per heavy atom. The zero-order chi connectivity index (χ0) is 27.0. The summed E-state index contributed by atoms with van der Waals surface area (Å²) in [7, 11) is 0.317. The van der Waals surface area contributed by atoms with Crippen molar-refractivity contribution >= 4 is 21.5 Å². The van der Waals surface area contributed by atoms with Gasteiger partial charge in [-0.2, -0.15) is 5.26 Å². The first kappa shape index (κ1) is 25.0. The van der Waals surface area contributed by atoms with Crippen molar-refractivity contribution in [1.29, 1.82) is 5.26 Å². The average Bonchev–Trinajstić information content (AvgIpc) is 2.94. The summed E-state index contributed by atoms with van der Waals surface area (Å²) in [6, 6.07) is 21.3. The van der Waals surface area contributed by atoms with Crippen LogP contribution in [0, 0.1) is 11.3 Å².